The van der Waals surface area contributed by atoms with Crippen LogP contribution in [0.25, 0.3) is 0 Å². The summed E-state index contributed by atoms with van der Waals surface area (Å²) in [6.07, 6.45) is 5.34. The average molecular weight is 549 g/mol. The molecule has 0 aliphatic heterocycles. The fourth-order valence-corrected chi connectivity index (χ4v) is 5.55. The summed E-state index contributed by atoms with van der Waals surface area (Å²) in [4.78, 5) is 16.6. The number of benzene rings is 2. The van der Waals surface area contributed by atoms with E-state index in [4.69, 9.17) is 15.8 Å². The normalized spacial score (nSPS) is 12.0. The highest BCUT2D eigenvalue weighted by Gasteiger charge is 2.21. The van der Waals surface area contributed by atoms with Crippen molar-refractivity contribution in [2.24, 2.45) is 0 Å². The van der Waals surface area contributed by atoms with E-state index >= 15 is 0 Å². The fourth-order valence-electron chi connectivity index (χ4n) is 2.26. The van der Waals surface area contributed by atoms with Gasteiger partial charge in [-0.15, -0.1) is 0 Å². The van der Waals surface area contributed by atoms with E-state index in [1.54, 1.807) is 36.8 Å². The second-order valence-electron chi connectivity index (χ2n) is 5.40. The predicted molar refractivity (Wildman–Crippen MR) is 119 cm³/mol. The van der Waals surface area contributed by atoms with Crippen molar-refractivity contribution in [3.8, 4) is 5.75 Å². The van der Waals surface area contributed by atoms with Crippen LogP contribution in [0.15, 0.2) is 70.1 Å². The van der Waals surface area contributed by atoms with E-state index in [9.17, 15) is 4.79 Å². The van der Waals surface area contributed by atoms with E-state index in [2.05, 4.69) is 36.8 Å². The molecule has 0 aliphatic rings. The average Bonchev–Trinajstić information content (AvgIpc) is 3.14. The van der Waals surface area contributed by atoms with Crippen LogP contribution < -0.4 is 4.18 Å². The molecule has 0 radical (unpaired) electrons. The van der Waals surface area contributed by atoms with Gasteiger partial charge in [0.05, 0.1) is 11.6 Å². The molecule has 0 fully saturated rings. The molecule has 1 heterocycles. The number of hydrogen-bond donors (Lipinski definition) is 0. The summed E-state index contributed by atoms with van der Waals surface area (Å²) < 4.78 is 9.21. The van der Waals surface area contributed by atoms with Gasteiger partial charge in [0.25, 0.3) is 4.45 Å². The van der Waals surface area contributed by atoms with Crippen LogP contribution in [0, 0.1) is 0 Å². The summed E-state index contributed by atoms with van der Waals surface area (Å²) in [7, 11) is 0. The molecule has 0 N–H and O–H groups in total. The molecule has 0 aliphatic carbocycles. The number of carbonyl (C=O) groups is 1. The van der Waals surface area contributed by atoms with Gasteiger partial charge in [-0.05, 0) is 42.0 Å². The lowest BCUT2D eigenvalue weighted by Crippen LogP contribution is -2.07. The van der Waals surface area contributed by atoms with E-state index in [0.717, 1.165) is 26.6 Å². The molecular formula is C18H13Br2ClN2O2S2. The molecule has 0 bridgehead atoms. The number of nitrogens with zero attached hydrogens (tertiary/aromatic N) is 2. The lowest BCUT2D eigenvalue weighted by atomic mass is 10.1. The van der Waals surface area contributed by atoms with E-state index in [1.165, 1.54) is 11.8 Å². The van der Waals surface area contributed by atoms with Crippen LogP contribution in [-0.4, -0.2) is 14.0 Å². The maximum Gasteiger partial charge on any atom is 0.285 e. The zero-order valence-corrected chi connectivity index (χ0v) is 19.3. The van der Waals surface area contributed by atoms with Crippen molar-refractivity contribution in [1.82, 2.24) is 9.55 Å². The van der Waals surface area contributed by atoms with Crippen LogP contribution in [-0.2, 0) is 6.54 Å². The van der Waals surface area contributed by atoms with E-state index in [1.807, 2.05) is 29.0 Å². The summed E-state index contributed by atoms with van der Waals surface area (Å²) in [5.74, 6) is 0.578. The van der Waals surface area contributed by atoms with Crippen LogP contribution in [0.2, 0.25) is 5.02 Å². The monoisotopic (exact) mass is 546 g/mol. The van der Waals surface area contributed by atoms with E-state index < -0.39 is 0 Å². The summed E-state index contributed by atoms with van der Waals surface area (Å²) in [5, 5.41) is 0.518. The Morgan fingerprint density at radius 3 is 2.67 bits per heavy atom. The van der Waals surface area contributed by atoms with Gasteiger partial charge in [0, 0.05) is 32.9 Å². The quantitative estimate of drug-likeness (QED) is 0.301. The first-order chi connectivity index (χ1) is 13.0. The summed E-state index contributed by atoms with van der Waals surface area (Å²) in [6.45, 7) is 0.609. The topological polar surface area (TPSA) is 44.1 Å². The van der Waals surface area contributed by atoms with Crippen LogP contribution in [0.5, 0.6) is 5.75 Å². The van der Waals surface area contributed by atoms with Crippen LogP contribution in [0.1, 0.15) is 10.8 Å². The number of aromatic nitrogens is 2. The molecule has 140 valence electrons. The minimum absolute atomic E-state index is 0.101. The third-order valence-electron chi connectivity index (χ3n) is 3.50. The highest BCUT2D eigenvalue weighted by atomic mass is 79.9. The Labute approximate surface area is 187 Å². The molecule has 27 heavy (non-hydrogen) atoms. The Balaban J connectivity index is 1.70. The van der Waals surface area contributed by atoms with Gasteiger partial charge < -0.3 is 8.75 Å². The minimum atomic E-state index is -0.134. The second kappa shape index (κ2) is 10.0. The number of carbonyl (C=O) groups excluding carboxylic acids is 1. The molecule has 2 aromatic carbocycles. The van der Waals surface area contributed by atoms with E-state index in [0.29, 0.717) is 17.3 Å². The zero-order valence-electron chi connectivity index (χ0n) is 13.7. The highest BCUT2D eigenvalue weighted by molar-refractivity contribution is 9.11. The summed E-state index contributed by atoms with van der Waals surface area (Å²) in [5.41, 5.74) is 1.03. The number of thioether (sulfide) groups is 1. The van der Waals surface area contributed by atoms with Crippen molar-refractivity contribution in [2.45, 2.75) is 11.8 Å². The SMILES string of the molecule is O=C(SOc1ccc(Cl)cc1)SC(Cn1ccnc1)c1ccc(Br)cc1Br. The van der Waals surface area contributed by atoms with Gasteiger partial charge in [-0.3, -0.25) is 4.79 Å². The van der Waals surface area contributed by atoms with Crippen LogP contribution in [0.4, 0.5) is 4.79 Å². The van der Waals surface area contributed by atoms with Gasteiger partial charge in [-0.1, -0.05) is 61.3 Å². The molecular weight excluding hydrogens is 536 g/mol. The summed E-state index contributed by atoms with van der Waals surface area (Å²) >= 11 is 14.9. The maximum absolute atomic E-state index is 12.5. The molecule has 3 rings (SSSR count). The van der Waals surface area contributed by atoms with Gasteiger partial charge in [0.1, 0.15) is 17.8 Å². The number of rotatable bonds is 6. The number of halogens is 3. The van der Waals surface area contributed by atoms with Crippen molar-refractivity contribution in [3.63, 3.8) is 0 Å². The highest BCUT2D eigenvalue weighted by Crippen LogP contribution is 2.39. The standard InChI is InChI=1S/C18H13Br2ClN2O2S2/c19-12-1-6-15(16(20)9-12)17(10-23-8-7-22-11-23)26-18(24)27-25-14-4-2-13(21)3-5-14/h1-9,11,17H,10H2. The van der Waals surface area contributed by atoms with Gasteiger partial charge in [0.15, 0.2) is 0 Å². The Hall–Kier alpha value is -0.930. The first-order valence-electron chi connectivity index (χ1n) is 7.72. The third kappa shape index (κ3) is 6.29. The first-order valence-corrected chi connectivity index (χ1v) is 11.3. The molecule has 0 spiro atoms. The first kappa shape index (κ1) is 20.8. The molecule has 1 aromatic heterocycles. The maximum atomic E-state index is 12.5. The van der Waals surface area contributed by atoms with Gasteiger partial charge in [0.2, 0.25) is 0 Å². The van der Waals surface area contributed by atoms with Crippen molar-refractivity contribution in [1.29, 1.82) is 0 Å². The summed E-state index contributed by atoms with van der Waals surface area (Å²) in [6, 6.07) is 12.8. The predicted octanol–water partition coefficient (Wildman–Crippen LogP) is 7.38. The Bertz CT molecular complexity index is 908. The van der Waals surface area contributed by atoms with Gasteiger partial charge in [-0.2, -0.15) is 0 Å². The Morgan fingerprint density at radius 1 is 1.22 bits per heavy atom. The second-order valence-corrected chi connectivity index (χ2v) is 9.75. The molecule has 0 saturated carbocycles. The Kier molecular flexibility index (Phi) is 7.72. The largest absolute Gasteiger partial charge is 0.417 e. The van der Waals surface area contributed by atoms with Crippen molar-refractivity contribution >= 4 is 71.7 Å². The Morgan fingerprint density at radius 2 is 2.00 bits per heavy atom. The van der Waals surface area contributed by atoms with Gasteiger partial charge in [-0.25, -0.2) is 4.98 Å². The third-order valence-corrected chi connectivity index (χ3v) is 6.72. The minimum Gasteiger partial charge on any atom is -0.417 e. The van der Waals surface area contributed by atoms with Crippen molar-refractivity contribution < 1.29 is 8.98 Å². The number of imidazole rings is 1. The molecule has 0 saturated heterocycles. The van der Waals surface area contributed by atoms with Gasteiger partial charge >= 0.3 is 0 Å². The molecule has 4 nitrogen and oxygen atoms in total. The van der Waals surface area contributed by atoms with Crippen molar-refractivity contribution in [3.05, 3.63) is 80.7 Å². The molecule has 0 amide bonds. The number of hydrogen-bond acceptors (Lipinski definition) is 5. The van der Waals surface area contributed by atoms with E-state index in [-0.39, 0.29) is 9.70 Å². The van der Waals surface area contributed by atoms with Crippen LogP contribution in [0.3, 0.4) is 0 Å². The van der Waals surface area contributed by atoms with Crippen molar-refractivity contribution in [2.75, 3.05) is 0 Å². The zero-order chi connectivity index (χ0) is 19.2. The molecule has 9 heteroatoms. The van der Waals surface area contributed by atoms with Crippen LogP contribution >= 0.6 is 67.3 Å². The fraction of sp³-hybridized carbons (Fsp3) is 0.111. The molecule has 1 atom stereocenters. The lowest BCUT2D eigenvalue weighted by Gasteiger charge is -2.18. The molecule has 3 aromatic rings. The lowest BCUT2D eigenvalue weighted by molar-refractivity contribution is 0.275. The smallest absolute Gasteiger partial charge is 0.285 e. The molecule has 1 unspecified atom stereocenters.